The van der Waals surface area contributed by atoms with Crippen molar-refractivity contribution < 1.29 is 33.8 Å². The lowest BCUT2D eigenvalue weighted by Gasteiger charge is -2.35. The molecule has 5 atom stereocenters. The van der Waals surface area contributed by atoms with Crippen LogP contribution in [-0.2, 0) is 41.9 Å². The highest BCUT2D eigenvalue weighted by Gasteiger charge is 2.44. The maximum Gasteiger partial charge on any atom is 0.246 e. The molecule has 2 heterocycles. The first-order valence-corrected chi connectivity index (χ1v) is 19.3. The average Bonchev–Trinajstić information content (AvgIpc) is 3.77. The number of hydrogen-bond acceptors (Lipinski definition) is 9. The summed E-state index contributed by atoms with van der Waals surface area (Å²) in [6.45, 7) is 9.85. The standard InChI is InChI=1S/C41H52N6O7S/c1-26-37(55-25-45-26)31-16-14-29(15-17-31)21-43-39(52)34-20-32(49)22-47(34)40(53)38(41(3,4)5)46-36(51)9-7-6-8-28-10-12-30(13-11-28)23-54-27(2)33(44-24-48)18-19-35(42)50/h10-17,24-25,27,32-34,38,49H,7,9,18-23H2,1-5H3,(H2,42,50)(H,43,52)(H,44,48)(H,46,51)/t27-,32-,33+,34+,38-/m1/s1. The lowest BCUT2D eigenvalue weighted by molar-refractivity contribution is -0.144. The van der Waals surface area contributed by atoms with E-state index in [0.717, 1.165) is 32.8 Å². The van der Waals surface area contributed by atoms with E-state index in [1.54, 1.807) is 11.3 Å². The molecule has 2 aromatic carbocycles. The van der Waals surface area contributed by atoms with Gasteiger partial charge in [-0.15, -0.1) is 11.3 Å². The lowest BCUT2D eigenvalue weighted by atomic mass is 9.85. The zero-order valence-corrected chi connectivity index (χ0v) is 32.9. The first-order valence-electron chi connectivity index (χ1n) is 18.4. The van der Waals surface area contributed by atoms with Crippen LogP contribution in [0.3, 0.4) is 0 Å². The smallest absolute Gasteiger partial charge is 0.246 e. The Kier molecular flexibility index (Phi) is 15.5. The number of benzene rings is 2. The molecule has 0 unspecified atom stereocenters. The van der Waals surface area contributed by atoms with Gasteiger partial charge in [0.05, 0.1) is 40.9 Å². The van der Waals surface area contributed by atoms with Crippen LogP contribution >= 0.6 is 11.3 Å². The van der Waals surface area contributed by atoms with Crippen molar-refractivity contribution in [1.82, 2.24) is 25.8 Å². The fourth-order valence-electron chi connectivity index (χ4n) is 6.22. The Morgan fingerprint density at radius 2 is 1.78 bits per heavy atom. The monoisotopic (exact) mass is 772 g/mol. The number of aromatic nitrogens is 1. The van der Waals surface area contributed by atoms with E-state index < -0.39 is 35.4 Å². The summed E-state index contributed by atoms with van der Waals surface area (Å²) in [5.41, 5.74) is 10.9. The number of ether oxygens (including phenoxy) is 1. The van der Waals surface area contributed by atoms with Gasteiger partial charge in [-0.2, -0.15) is 0 Å². The molecular weight excluding hydrogens is 721 g/mol. The number of amides is 5. The highest BCUT2D eigenvalue weighted by atomic mass is 32.1. The van der Waals surface area contributed by atoms with Crippen LogP contribution in [0, 0.1) is 24.2 Å². The number of likely N-dealkylation sites (tertiary alicyclic amines) is 1. The first-order chi connectivity index (χ1) is 26.2. The Labute approximate surface area is 326 Å². The molecule has 1 saturated heterocycles. The van der Waals surface area contributed by atoms with Crippen LogP contribution in [0.25, 0.3) is 10.4 Å². The zero-order valence-electron chi connectivity index (χ0n) is 32.1. The van der Waals surface area contributed by atoms with E-state index in [-0.39, 0.29) is 62.7 Å². The molecule has 1 aliphatic rings. The zero-order chi connectivity index (χ0) is 40.1. The predicted octanol–water partition coefficient (Wildman–Crippen LogP) is 3.34. The van der Waals surface area contributed by atoms with Crippen molar-refractivity contribution in [2.45, 2.75) is 110 Å². The minimum atomic E-state index is -0.929. The van der Waals surface area contributed by atoms with E-state index in [0.29, 0.717) is 19.4 Å². The van der Waals surface area contributed by atoms with Gasteiger partial charge in [0.2, 0.25) is 30.0 Å². The molecule has 0 radical (unpaired) electrons. The summed E-state index contributed by atoms with van der Waals surface area (Å²) in [6.07, 6.45) is 0.318. The molecule has 0 saturated carbocycles. The second-order valence-corrected chi connectivity index (χ2v) is 15.7. The van der Waals surface area contributed by atoms with Gasteiger partial charge in [0.15, 0.2) is 0 Å². The normalized spacial score (nSPS) is 16.9. The lowest BCUT2D eigenvalue weighted by Crippen LogP contribution is -2.57. The molecule has 55 heavy (non-hydrogen) atoms. The third-order valence-corrected chi connectivity index (χ3v) is 10.4. The Morgan fingerprint density at radius 3 is 2.40 bits per heavy atom. The number of rotatable bonds is 17. The molecule has 0 aliphatic carbocycles. The number of primary amides is 1. The van der Waals surface area contributed by atoms with Crippen molar-refractivity contribution in [2.75, 3.05) is 6.54 Å². The number of hydrogen-bond donors (Lipinski definition) is 5. The maximum absolute atomic E-state index is 13.9. The quantitative estimate of drug-likeness (QED) is 0.102. The molecular formula is C41H52N6O7S. The molecule has 4 rings (SSSR count). The van der Waals surface area contributed by atoms with E-state index >= 15 is 0 Å². The number of carbonyl (C=O) groups excluding carboxylic acids is 5. The van der Waals surface area contributed by atoms with Crippen LogP contribution in [-0.4, -0.2) is 81.9 Å². The van der Waals surface area contributed by atoms with Gasteiger partial charge in [-0.1, -0.05) is 69.0 Å². The van der Waals surface area contributed by atoms with Gasteiger partial charge in [0, 0.05) is 44.3 Å². The summed E-state index contributed by atoms with van der Waals surface area (Å²) in [5.74, 6) is 4.48. The van der Waals surface area contributed by atoms with Crippen LogP contribution in [0.15, 0.2) is 54.0 Å². The molecule has 294 valence electrons. The summed E-state index contributed by atoms with van der Waals surface area (Å²) < 4.78 is 5.90. The summed E-state index contributed by atoms with van der Waals surface area (Å²) in [4.78, 5) is 69.3. The van der Waals surface area contributed by atoms with Crippen molar-refractivity contribution in [3.8, 4) is 22.3 Å². The molecule has 1 aliphatic heterocycles. The van der Waals surface area contributed by atoms with Crippen molar-refractivity contribution in [3.05, 3.63) is 76.4 Å². The van der Waals surface area contributed by atoms with E-state index in [2.05, 4.69) is 32.8 Å². The fraction of sp³-hybridized carbons (Fsp3) is 0.463. The molecule has 5 amide bonds. The number of nitrogens with one attached hydrogen (secondary N) is 3. The fourth-order valence-corrected chi connectivity index (χ4v) is 7.03. The third-order valence-electron chi connectivity index (χ3n) is 9.44. The van der Waals surface area contributed by atoms with Gasteiger partial charge in [0.1, 0.15) is 12.1 Å². The number of carbonyl (C=O) groups is 5. The molecule has 3 aromatic rings. The average molecular weight is 773 g/mol. The number of aliphatic hydroxyl groups is 1. The van der Waals surface area contributed by atoms with Crippen molar-refractivity contribution in [1.29, 1.82) is 0 Å². The number of β-amino-alcohol motifs (C(OH)–C–C–N with tert-alkyl or cyclic N) is 1. The highest BCUT2D eigenvalue weighted by molar-refractivity contribution is 7.13. The van der Waals surface area contributed by atoms with Crippen LogP contribution in [0.5, 0.6) is 0 Å². The minimum absolute atomic E-state index is 0.00740. The van der Waals surface area contributed by atoms with Crippen molar-refractivity contribution >= 4 is 41.4 Å². The number of aliphatic hydroxyl groups excluding tert-OH is 1. The second kappa shape index (κ2) is 20.0. The molecule has 14 heteroatoms. The molecule has 0 bridgehead atoms. The Morgan fingerprint density at radius 1 is 1.09 bits per heavy atom. The molecule has 13 nitrogen and oxygen atoms in total. The van der Waals surface area contributed by atoms with Gasteiger partial charge in [-0.3, -0.25) is 24.0 Å². The topological polar surface area (TPSA) is 193 Å². The maximum atomic E-state index is 13.9. The Hall–Kier alpha value is -5.10. The number of aryl methyl sites for hydroxylation is 1. The van der Waals surface area contributed by atoms with Gasteiger partial charge in [0.25, 0.3) is 0 Å². The van der Waals surface area contributed by atoms with Crippen molar-refractivity contribution in [2.24, 2.45) is 11.1 Å². The minimum Gasteiger partial charge on any atom is -0.391 e. The van der Waals surface area contributed by atoms with E-state index in [1.165, 1.54) is 4.90 Å². The van der Waals surface area contributed by atoms with Gasteiger partial charge < -0.3 is 36.4 Å². The molecule has 0 spiro atoms. The van der Waals surface area contributed by atoms with Crippen LogP contribution < -0.4 is 21.7 Å². The summed E-state index contributed by atoms with van der Waals surface area (Å²) >= 11 is 1.57. The SMILES string of the molecule is Cc1ncsc1-c1ccc(CNC(=O)[C@@H]2C[C@@H](O)CN2C(=O)[C@@H](NC(=O)CCC#Cc2ccc(CO[C@H](C)[C@H](CCC(N)=O)NC=O)cc2)C(C)(C)C)cc1. The van der Waals surface area contributed by atoms with E-state index in [4.69, 9.17) is 10.5 Å². The van der Waals surface area contributed by atoms with Crippen LogP contribution in [0.2, 0.25) is 0 Å². The molecule has 1 fully saturated rings. The number of nitrogens with two attached hydrogens (primary N) is 1. The van der Waals surface area contributed by atoms with Crippen LogP contribution in [0.4, 0.5) is 0 Å². The van der Waals surface area contributed by atoms with Gasteiger partial charge >= 0.3 is 0 Å². The predicted molar refractivity (Wildman–Crippen MR) is 210 cm³/mol. The Bertz CT molecular complexity index is 1840. The summed E-state index contributed by atoms with van der Waals surface area (Å²) in [7, 11) is 0. The van der Waals surface area contributed by atoms with Gasteiger partial charge in [-0.05, 0) is 54.5 Å². The highest BCUT2D eigenvalue weighted by Crippen LogP contribution is 2.28. The third kappa shape index (κ3) is 12.7. The summed E-state index contributed by atoms with van der Waals surface area (Å²) in [5, 5.41) is 19.0. The number of nitrogens with zero attached hydrogens (tertiary/aromatic N) is 2. The second-order valence-electron chi connectivity index (χ2n) is 14.9. The van der Waals surface area contributed by atoms with Crippen molar-refractivity contribution in [3.63, 3.8) is 0 Å². The first kappa shape index (κ1) is 42.6. The molecule has 1 aromatic heterocycles. The van der Waals surface area contributed by atoms with E-state index in [9.17, 15) is 29.1 Å². The Balaban J connectivity index is 1.27. The van der Waals surface area contributed by atoms with E-state index in [1.807, 2.05) is 88.7 Å². The van der Waals surface area contributed by atoms with Crippen LogP contribution in [0.1, 0.15) is 82.2 Å². The molecule has 6 N–H and O–H groups in total. The summed E-state index contributed by atoms with van der Waals surface area (Å²) in [6, 6.07) is 13.1. The number of thiazole rings is 1. The largest absolute Gasteiger partial charge is 0.391 e. The van der Waals surface area contributed by atoms with Gasteiger partial charge in [-0.25, -0.2) is 4.98 Å².